The van der Waals surface area contributed by atoms with E-state index in [4.69, 9.17) is 14.2 Å². The number of hydrogen-bond donors (Lipinski definition) is 0. The van der Waals surface area contributed by atoms with Gasteiger partial charge in [-0.2, -0.15) is 0 Å². The van der Waals surface area contributed by atoms with Crippen molar-refractivity contribution < 1.29 is 19.0 Å². The third-order valence-corrected chi connectivity index (χ3v) is 6.83. The predicted octanol–water partition coefficient (Wildman–Crippen LogP) is 3.68. The van der Waals surface area contributed by atoms with Crippen LogP contribution in [0.15, 0.2) is 76.2 Å². The highest BCUT2D eigenvalue weighted by molar-refractivity contribution is 7.07. The van der Waals surface area contributed by atoms with Gasteiger partial charge < -0.3 is 14.2 Å². The minimum Gasteiger partial charge on any atom is -0.497 e. The molecular weight excluding hydrogens is 476 g/mol. The molecule has 0 bridgehead atoms. The maximum absolute atomic E-state index is 13.7. The van der Waals surface area contributed by atoms with Gasteiger partial charge in [0.05, 0.1) is 35.6 Å². The lowest BCUT2D eigenvalue weighted by Gasteiger charge is -2.24. The number of aromatic nitrogens is 1. The second-order valence-corrected chi connectivity index (χ2v) is 9.20. The van der Waals surface area contributed by atoms with Crippen LogP contribution in [0.4, 0.5) is 0 Å². The van der Waals surface area contributed by atoms with Crippen molar-refractivity contribution in [3.05, 3.63) is 103 Å². The van der Waals surface area contributed by atoms with Crippen LogP contribution in [-0.2, 0) is 9.53 Å². The highest BCUT2D eigenvalue weighted by Crippen LogP contribution is 2.31. The van der Waals surface area contributed by atoms with Gasteiger partial charge in [0.25, 0.3) is 5.56 Å². The summed E-state index contributed by atoms with van der Waals surface area (Å²) in [7, 11) is 1.62. The molecule has 1 aliphatic rings. The van der Waals surface area contributed by atoms with Crippen LogP contribution in [-0.4, -0.2) is 30.9 Å². The molecule has 1 aliphatic heterocycles. The summed E-state index contributed by atoms with van der Waals surface area (Å²) in [6.07, 6.45) is 3.52. The second-order valence-electron chi connectivity index (χ2n) is 8.19. The van der Waals surface area contributed by atoms with Gasteiger partial charge in [0, 0.05) is 0 Å². The number of nitrogens with zero attached hydrogens (tertiary/aromatic N) is 2. The molecule has 0 N–H and O–H groups in total. The van der Waals surface area contributed by atoms with E-state index in [0.717, 1.165) is 22.4 Å². The number of rotatable bonds is 8. The van der Waals surface area contributed by atoms with Crippen LogP contribution in [0.3, 0.4) is 0 Å². The van der Waals surface area contributed by atoms with Gasteiger partial charge in [-0.05, 0) is 67.8 Å². The Labute approximate surface area is 213 Å². The number of ether oxygens (including phenoxy) is 3. The number of benzene rings is 2. The summed E-state index contributed by atoms with van der Waals surface area (Å²) < 4.78 is 18.3. The van der Waals surface area contributed by atoms with Crippen molar-refractivity contribution >= 4 is 23.4 Å². The topological polar surface area (TPSA) is 79.1 Å². The van der Waals surface area contributed by atoms with Crippen LogP contribution >= 0.6 is 11.3 Å². The number of esters is 1. The minimum atomic E-state index is -0.673. The van der Waals surface area contributed by atoms with E-state index in [1.165, 1.54) is 11.3 Å². The predicted molar refractivity (Wildman–Crippen MR) is 140 cm³/mol. The van der Waals surface area contributed by atoms with Gasteiger partial charge in [0.15, 0.2) is 4.80 Å². The van der Waals surface area contributed by atoms with Gasteiger partial charge in [0.2, 0.25) is 0 Å². The summed E-state index contributed by atoms with van der Waals surface area (Å²) in [5.74, 6) is 0.928. The Morgan fingerprint density at radius 2 is 1.89 bits per heavy atom. The molecule has 0 spiro atoms. The number of thiazole rings is 1. The fourth-order valence-electron chi connectivity index (χ4n) is 4.09. The summed E-state index contributed by atoms with van der Waals surface area (Å²) in [4.78, 5) is 31.9. The van der Waals surface area contributed by atoms with Crippen LogP contribution < -0.4 is 24.4 Å². The summed E-state index contributed by atoms with van der Waals surface area (Å²) in [5.41, 5.74) is 3.29. The molecule has 1 aromatic heterocycles. The summed E-state index contributed by atoms with van der Waals surface area (Å²) >= 11 is 1.29. The highest BCUT2D eigenvalue weighted by atomic mass is 32.1. The number of fused-ring (bicyclic) bond motifs is 1. The Hall–Kier alpha value is -3.91. The normalized spacial score (nSPS) is 15.2. The van der Waals surface area contributed by atoms with E-state index >= 15 is 0 Å². The lowest BCUT2D eigenvalue weighted by Crippen LogP contribution is -2.39. The van der Waals surface area contributed by atoms with Crippen molar-refractivity contribution in [1.82, 2.24) is 4.57 Å². The Balaban J connectivity index is 1.88. The zero-order valence-corrected chi connectivity index (χ0v) is 21.6. The van der Waals surface area contributed by atoms with Crippen LogP contribution in [0.1, 0.15) is 36.6 Å². The molecule has 36 heavy (non-hydrogen) atoms. The number of aryl methyl sites for hydroxylation is 1. The van der Waals surface area contributed by atoms with E-state index in [1.54, 1.807) is 31.6 Å². The van der Waals surface area contributed by atoms with Gasteiger partial charge in [-0.3, -0.25) is 9.36 Å². The first-order valence-electron chi connectivity index (χ1n) is 11.6. The molecule has 0 saturated carbocycles. The minimum absolute atomic E-state index is 0.220. The highest BCUT2D eigenvalue weighted by Gasteiger charge is 2.33. The first-order valence-corrected chi connectivity index (χ1v) is 12.4. The van der Waals surface area contributed by atoms with Crippen molar-refractivity contribution in [2.24, 2.45) is 4.99 Å². The van der Waals surface area contributed by atoms with E-state index in [-0.39, 0.29) is 12.2 Å². The first kappa shape index (κ1) is 25.2. The maximum atomic E-state index is 13.7. The molecule has 0 saturated heterocycles. The van der Waals surface area contributed by atoms with Crippen molar-refractivity contribution in [3.63, 3.8) is 0 Å². The SMILES string of the molecule is C=CCOc1ccc(C2C(C(=O)OCC)=C(C)N=c3sc(=Cc4ccc(OC)cc4C)c(=O)n32)cc1. The first-order chi connectivity index (χ1) is 17.4. The van der Waals surface area contributed by atoms with Gasteiger partial charge >= 0.3 is 5.97 Å². The quantitative estimate of drug-likeness (QED) is 0.345. The second kappa shape index (κ2) is 10.8. The average Bonchev–Trinajstić information content (AvgIpc) is 3.17. The zero-order valence-electron chi connectivity index (χ0n) is 20.7. The third-order valence-electron chi connectivity index (χ3n) is 5.84. The lowest BCUT2D eigenvalue weighted by molar-refractivity contribution is -0.139. The van der Waals surface area contributed by atoms with Crippen molar-refractivity contribution in [2.45, 2.75) is 26.8 Å². The van der Waals surface area contributed by atoms with E-state index < -0.39 is 12.0 Å². The van der Waals surface area contributed by atoms with E-state index in [9.17, 15) is 9.59 Å². The fraction of sp³-hybridized carbons (Fsp3) is 0.250. The standard InChI is InChI=1S/C28H28N2O5S/c1-6-14-35-21-11-8-19(9-12-21)25-24(27(32)34-7-2)18(4)29-28-30(25)26(31)23(36-28)16-20-10-13-22(33-5)15-17(20)3/h6,8-13,15-16,25H,1,7,14H2,2-5H3. The maximum Gasteiger partial charge on any atom is 0.338 e. The van der Waals surface area contributed by atoms with E-state index in [2.05, 4.69) is 11.6 Å². The summed E-state index contributed by atoms with van der Waals surface area (Å²) in [6.45, 7) is 9.75. The molecule has 2 heterocycles. The number of hydrogen-bond acceptors (Lipinski definition) is 7. The number of methoxy groups -OCH3 is 1. The fourth-order valence-corrected chi connectivity index (χ4v) is 5.12. The molecule has 0 radical (unpaired) electrons. The Kier molecular flexibility index (Phi) is 7.55. The summed E-state index contributed by atoms with van der Waals surface area (Å²) in [5, 5.41) is 0. The lowest BCUT2D eigenvalue weighted by atomic mass is 9.96. The van der Waals surface area contributed by atoms with E-state index in [1.807, 2.05) is 55.5 Å². The van der Waals surface area contributed by atoms with Gasteiger partial charge in [-0.25, -0.2) is 9.79 Å². The van der Waals surface area contributed by atoms with Crippen LogP contribution in [0.25, 0.3) is 6.08 Å². The molecule has 1 unspecified atom stereocenters. The molecule has 186 valence electrons. The van der Waals surface area contributed by atoms with Crippen molar-refractivity contribution in [1.29, 1.82) is 0 Å². The molecule has 2 aromatic carbocycles. The van der Waals surface area contributed by atoms with Crippen molar-refractivity contribution in [2.75, 3.05) is 20.3 Å². The van der Waals surface area contributed by atoms with Gasteiger partial charge in [0.1, 0.15) is 18.1 Å². The molecule has 4 rings (SSSR count). The van der Waals surface area contributed by atoms with Crippen LogP contribution in [0.5, 0.6) is 11.5 Å². The smallest absolute Gasteiger partial charge is 0.338 e. The molecule has 1 atom stereocenters. The zero-order chi connectivity index (χ0) is 25.8. The van der Waals surface area contributed by atoms with E-state index in [0.29, 0.717) is 33.0 Å². The number of allylic oxidation sites excluding steroid dienone is 1. The molecule has 3 aromatic rings. The molecule has 7 nitrogen and oxygen atoms in total. The average molecular weight is 505 g/mol. The molecule has 0 aliphatic carbocycles. The number of carbonyl (C=O) groups excluding carboxylic acids is 1. The molecule has 0 amide bonds. The monoisotopic (exact) mass is 504 g/mol. The molecule has 0 fully saturated rings. The van der Waals surface area contributed by atoms with Crippen LogP contribution in [0, 0.1) is 6.92 Å². The largest absolute Gasteiger partial charge is 0.497 e. The van der Waals surface area contributed by atoms with Gasteiger partial charge in [-0.1, -0.05) is 42.2 Å². The van der Waals surface area contributed by atoms with Crippen LogP contribution in [0.2, 0.25) is 0 Å². The molecule has 8 heteroatoms. The molecular formula is C28H28N2O5S. The Bertz CT molecular complexity index is 1510. The Morgan fingerprint density at radius 3 is 2.53 bits per heavy atom. The van der Waals surface area contributed by atoms with Gasteiger partial charge in [-0.15, -0.1) is 0 Å². The third kappa shape index (κ3) is 4.90. The summed E-state index contributed by atoms with van der Waals surface area (Å²) in [6, 6.07) is 12.4. The Morgan fingerprint density at radius 1 is 1.17 bits per heavy atom. The van der Waals surface area contributed by atoms with Crippen molar-refractivity contribution in [3.8, 4) is 11.5 Å². The number of carbonyl (C=O) groups is 1.